The van der Waals surface area contributed by atoms with Crippen LogP contribution in [0.2, 0.25) is 10.0 Å². The van der Waals surface area contributed by atoms with Crippen molar-refractivity contribution in [3.8, 4) is 5.75 Å². The lowest BCUT2D eigenvalue weighted by atomic mass is 10.1. The zero-order valence-electron chi connectivity index (χ0n) is 15.0. The summed E-state index contributed by atoms with van der Waals surface area (Å²) in [6.07, 6.45) is 0.556. The maximum Gasteiger partial charge on any atom is 0.341 e. The van der Waals surface area contributed by atoms with Gasteiger partial charge in [-0.25, -0.2) is 4.79 Å². The molecule has 0 atom stereocenters. The maximum absolute atomic E-state index is 12.2. The Kier molecular flexibility index (Phi) is 7.12. The van der Waals surface area contributed by atoms with E-state index in [1.54, 1.807) is 30.5 Å². The van der Waals surface area contributed by atoms with Gasteiger partial charge in [-0.05, 0) is 51.0 Å². The average molecular weight is 398 g/mol. The van der Waals surface area contributed by atoms with E-state index in [1.807, 2.05) is 13.0 Å². The molecule has 1 aromatic heterocycles. The van der Waals surface area contributed by atoms with Crippen LogP contribution in [0.1, 0.15) is 35.5 Å². The molecule has 0 fully saturated rings. The molecular formula is C19H21Cl2NO4. The number of rotatable bonds is 7. The first-order valence-corrected chi connectivity index (χ1v) is 9.12. The van der Waals surface area contributed by atoms with E-state index in [0.717, 1.165) is 5.56 Å². The SMILES string of the molecule is CCOC(=O)c1ccc(CCn2c(C)c(Cl)cc(Cl)c2=O)cc1OCC. The van der Waals surface area contributed by atoms with Crippen LogP contribution in [-0.4, -0.2) is 23.8 Å². The van der Waals surface area contributed by atoms with E-state index >= 15 is 0 Å². The third-order valence-electron chi connectivity index (χ3n) is 3.92. The number of benzene rings is 1. The third-order valence-corrected chi connectivity index (χ3v) is 4.57. The van der Waals surface area contributed by atoms with Crippen LogP contribution in [0, 0.1) is 6.92 Å². The van der Waals surface area contributed by atoms with E-state index in [9.17, 15) is 9.59 Å². The van der Waals surface area contributed by atoms with Crippen molar-refractivity contribution >= 4 is 29.2 Å². The number of nitrogens with zero attached hydrogens (tertiary/aromatic N) is 1. The number of aryl methyl sites for hydroxylation is 1. The van der Waals surface area contributed by atoms with Crippen molar-refractivity contribution in [3.63, 3.8) is 0 Å². The molecule has 0 radical (unpaired) electrons. The van der Waals surface area contributed by atoms with Gasteiger partial charge in [0.1, 0.15) is 16.3 Å². The van der Waals surface area contributed by atoms with Gasteiger partial charge < -0.3 is 14.0 Å². The molecule has 0 saturated carbocycles. The molecule has 0 aliphatic rings. The Labute approximate surface area is 162 Å². The van der Waals surface area contributed by atoms with E-state index < -0.39 is 5.97 Å². The first-order chi connectivity index (χ1) is 12.4. The molecule has 26 heavy (non-hydrogen) atoms. The summed E-state index contributed by atoms with van der Waals surface area (Å²) in [5.74, 6) is 0.0489. The maximum atomic E-state index is 12.2. The Morgan fingerprint density at radius 1 is 1.12 bits per heavy atom. The van der Waals surface area contributed by atoms with Gasteiger partial charge in [0.15, 0.2) is 0 Å². The fraction of sp³-hybridized carbons (Fsp3) is 0.368. The Hall–Kier alpha value is -1.98. The van der Waals surface area contributed by atoms with Crippen LogP contribution in [-0.2, 0) is 17.7 Å². The zero-order valence-corrected chi connectivity index (χ0v) is 16.5. The van der Waals surface area contributed by atoms with Gasteiger partial charge in [-0.2, -0.15) is 0 Å². The molecule has 0 spiro atoms. The Balaban J connectivity index is 2.27. The van der Waals surface area contributed by atoms with Gasteiger partial charge in [0.2, 0.25) is 0 Å². The van der Waals surface area contributed by atoms with Crippen LogP contribution < -0.4 is 10.3 Å². The molecule has 0 aliphatic carbocycles. The topological polar surface area (TPSA) is 57.5 Å². The average Bonchev–Trinajstić information content (AvgIpc) is 2.60. The van der Waals surface area contributed by atoms with Crippen LogP contribution in [0.3, 0.4) is 0 Å². The number of pyridine rings is 1. The fourth-order valence-corrected chi connectivity index (χ4v) is 3.05. The number of aromatic nitrogens is 1. The molecule has 140 valence electrons. The zero-order chi connectivity index (χ0) is 19.3. The standard InChI is InChI=1S/C19H21Cl2NO4/c1-4-25-17-10-13(6-7-14(17)19(24)26-5-2)8-9-22-12(3)15(20)11-16(21)18(22)23/h6-7,10-11H,4-5,8-9H2,1-3H3. The second-order valence-corrected chi connectivity index (χ2v) is 6.43. The van der Waals surface area contributed by atoms with Crippen molar-refractivity contribution < 1.29 is 14.3 Å². The number of esters is 1. The van der Waals surface area contributed by atoms with Crippen LogP contribution in [0.15, 0.2) is 29.1 Å². The molecule has 0 N–H and O–H groups in total. The quantitative estimate of drug-likeness (QED) is 0.654. The number of carbonyl (C=O) groups excluding carboxylic acids is 1. The highest BCUT2D eigenvalue weighted by molar-refractivity contribution is 6.34. The number of ether oxygens (including phenoxy) is 2. The molecule has 2 rings (SSSR count). The van der Waals surface area contributed by atoms with Gasteiger partial charge >= 0.3 is 5.97 Å². The van der Waals surface area contributed by atoms with E-state index in [4.69, 9.17) is 32.7 Å². The van der Waals surface area contributed by atoms with Crippen molar-refractivity contribution in [2.24, 2.45) is 0 Å². The molecule has 7 heteroatoms. The molecule has 1 aromatic carbocycles. The minimum atomic E-state index is -0.420. The normalized spacial score (nSPS) is 10.7. The molecule has 0 bridgehead atoms. The first kappa shape index (κ1) is 20.3. The number of carbonyl (C=O) groups is 1. The highest BCUT2D eigenvalue weighted by atomic mass is 35.5. The minimum Gasteiger partial charge on any atom is -0.493 e. The molecule has 1 heterocycles. The highest BCUT2D eigenvalue weighted by Crippen LogP contribution is 2.23. The van der Waals surface area contributed by atoms with Crippen molar-refractivity contribution in [3.05, 3.63) is 61.5 Å². The Morgan fingerprint density at radius 2 is 1.85 bits per heavy atom. The summed E-state index contributed by atoms with van der Waals surface area (Å²) in [7, 11) is 0. The van der Waals surface area contributed by atoms with Gasteiger partial charge in [0.25, 0.3) is 5.56 Å². The number of hydrogen-bond acceptors (Lipinski definition) is 4. The number of halogens is 2. The Morgan fingerprint density at radius 3 is 2.50 bits per heavy atom. The van der Waals surface area contributed by atoms with E-state index in [1.165, 1.54) is 6.07 Å². The predicted octanol–water partition coefficient (Wildman–Crippen LogP) is 4.28. The molecule has 2 aromatic rings. The van der Waals surface area contributed by atoms with Crippen LogP contribution in [0.4, 0.5) is 0 Å². The predicted molar refractivity (Wildman–Crippen MR) is 103 cm³/mol. The molecule has 0 saturated heterocycles. The van der Waals surface area contributed by atoms with E-state index in [-0.39, 0.29) is 10.6 Å². The second kappa shape index (κ2) is 9.10. The lowest BCUT2D eigenvalue weighted by molar-refractivity contribution is 0.0522. The van der Waals surface area contributed by atoms with Crippen LogP contribution in [0.5, 0.6) is 5.75 Å². The van der Waals surface area contributed by atoms with Crippen molar-refractivity contribution in [2.45, 2.75) is 33.7 Å². The largest absolute Gasteiger partial charge is 0.493 e. The summed E-state index contributed by atoms with van der Waals surface area (Å²) < 4.78 is 12.2. The molecule has 5 nitrogen and oxygen atoms in total. The molecule has 0 amide bonds. The van der Waals surface area contributed by atoms with Gasteiger partial charge in [-0.1, -0.05) is 29.3 Å². The fourth-order valence-electron chi connectivity index (χ4n) is 2.57. The smallest absolute Gasteiger partial charge is 0.341 e. The van der Waals surface area contributed by atoms with E-state index in [2.05, 4.69) is 0 Å². The van der Waals surface area contributed by atoms with Gasteiger partial charge in [-0.3, -0.25) is 4.79 Å². The second-order valence-electron chi connectivity index (χ2n) is 5.62. The Bertz CT molecular complexity index is 861. The number of hydrogen-bond donors (Lipinski definition) is 0. The van der Waals surface area contributed by atoms with E-state index in [0.29, 0.717) is 48.2 Å². The molecule has 0 aliphatic heterocycles. The van der Waals surface area contributed by atoms with Crippen molar-refractivity contribution in [1.29, 1.82) is 0 Å². The van der Waals surface area contributed by atoms with Gasteiger partial charge in [0.05, 0.1) is 18.2 Å². The van der Waals surface area contributed by atoms with Crippen molar-refractivity contribution in [1.82, 2.24) is 4.57 Å². The molecular weight excluding hydrogens is 377 g/mol. The lowest BCUT2D eigenvalue weighted by Gasteiger charge is -2.14. The first-order valence-electron chi connectivity index (χ1n) is 8.37. The molecule has 0 unspecified atom stereocenters. The van der Waals surface area contributed by atoms with Gasteiger partial charge in [-0.15, -0.1) is 0 Å². The lowest BCUT2D eigenvalue weighted by Crippen LogP contribution is -2.24. The summed E-state index contributed by atoms with van der Waals surface area (Å²) in [6, 6.07) is 6.75. The summed E-state index contributed by atoms with van der Waals surface area (Å²) in [5, 5.41) is 0.538. The van der Waals surface area contributed by atoms with Crippen LogP contribution >= 0.6 is 23.2 Å². The summed E-state index contributed by atoms with van der Waals surface area (Å²) in [6.45, 7) is 6.51. The highest BCUT2D eigenvalue weighted by Gasteiger charge is 2.15. The third kappa shape index (κ3) is 4.59. The summed E-state index contributed by atoms with van der Waals surface area (Å²) in [4.78, 5) is 24.3. The summed E-state index contributed by atoms with van der Waals surface area (Å²) >= 11 is 12.0. The minimum absolute atomic E-state index is 0.0910. The summed E-state index contributed by atoms with van der Waals surface area (Å²) in [5.41, 5.74) is 1.69. The van der Waals surface area contributed by atoms with Crippen LogP contribution in [0.25, 0.3) is 0 Å². The van der Waals surface area contributed by atoms with Crippen molar-refractivity contribution in [2.75, 3.05) is 13.2 Å². The monoisotopic (exact) mass is 397 g/mol. The van der Waals surface area contributed by atoms with Gasteiger partial charge in [0, 0.05) is 12.2 Å².